The largest absolute Gasteiger partial charge is 0.417 e. The molecule has 2 nitrogen and oxygen atoms in total. The van der Waals surface area contributed by atoms with Crippen LogP contribution in [0.3, 0.4) is 0 Å². The molecule has 0 unspecified atom stereocenters. The molecule has 8 heteroatoms. The van der Waals surface area contributed by atoms with Crippen molar-refractivity contribution < 1.29 is 31.1 Å². The summed E-state index contributed by atoms with van der Waals surface area (Å²) in [4.78, 5) is 10.6. The number of carbonyl (C=O) groups is 1. The van der Waals surface area contributed by atoms with E-state index in [1.54, 1.807) is 0 Å². The molecular formula is C10H7F6NO. The second kappa shape index (κ2) is 4.60. The highest BCUT2D eigenvalue weighted by molar-refractivity contribution is 5.81. The minimum atomic E-state index is -5.29. The van der Waals surface area contributed by atoms with Crippen molar-refractivity contribution >= 4 is 6.29 Å². The number of halogens is 6. The van der Waals surface area contributed by atoms with Crippen LogP contribution in [-0.2, 0) is 18.9 Å². The van der Waals surface area contributed by atoms with Gasteiger partial charge in [-0.05, 0) is 11.6 Å². The Morgan fingerprint density at radius 2 is 1.61 bits per heavy atom. The van der Waals surface area contributed by atoms with Crippen molar-refractivity contribution in [2.24, 2.45) is 5.73 Å². The standard InChI is InChI=1S/C10H7F6NO/c11-9(12,13)7-2-1-5(3-17)6(4-18)8(7)10(14,15)16/h1-2,4H,3,17H2. The lowest BCUT2D eigenvalue weighted by Crippen LogP contribution is -2.20. The van der Waals surface area contributed by atoms with E-state index < -0.39 is 35.6 Å². The minimum absolute atomic E-state index is 0.264. The number of benzene rings is 1. The van der Waals surface area contributed by atoms with Crippen molar-refractivity contribution in [2.75, 3.05) is 0 Å². The predicted molar refractivity (Wildman–Crippen MR) is 49.7 cm³/mol. The van der Waals surface area contributed by atoms with Crippen molar-refractivity contribution in [3.05, 3.63) is 34.4 Å². The van der Waals surface area contributed by atoms with Gasteiger partial charge < -0.3 is 5.73 Å². The highest BCUT2D eigenvalue weighted by atomic mass is 19.4. The molecule has 0 aromatic heterocycles. The van der Waals surface area contributed by atoms with Gasteiger partial charge in [-0.1, -0.05) is 6.07 Å². The number of carbonyl (C=O) groups excluding carboxylic acids is 1. The predicted octanol–water partition coefficient (Wildman–Crippen LogP) is 3.00. The summed E-state index contributed by atoms with van der Waals surface area (Å²) in [5.41, 5.74) is -0.153. The van der Waals surface area contributed by atoms with E-state index in [0.29, 0.717) is 0 Å². The summed E-state index contributed by atoms with van der Waals surface area (Å²) < 4.78 is 75.4. The van der Waals surface area contributed by atoms with E-state index in [2.05, 4.69) is 0 Å². The lowest BCUT2D eigenvalue weighted by molar-refractivity contribution is -0.162. The molecule has 0 saturated carbocycles. The summed E-state index contributed by atoms with van der Waals surface area (Å²) in [7, 11) is 0. The van der Waals surface area contributed by atoms with E-state index >= 15 is 0 Å². The first-order chi connectivity index (χ1) is 8.12. The fraction of sp³-hybridized carbons (Fsp3) is 0.300. The molecule has 0 bridgehead atoms. The van der Waals surface area contributed by atoms with Gasteiger partial charge in [0.25, 0.3) is 0 Å². The Bertz CT molecular complexity index is 463. The smallest absolute Gasteiger partial charge is 0.326 e. The number of aldehydes is 1. The molecule has 1 aromatic rings. The fourth-order valence-electron chi connectivity index (χ4n) is 1.52. The van der Waals surface area contributed by atoms with Gasteiger partial charge in [-0.25, -0.2) is 0 Å². The van der Waals surface area contributed by atoms with Crippen LogP contribution in [-0.4, -0.2) is 6.29 Å². The van der Waals surface area contributed by atoms with Crippen LogP contribution in [0.15, 0.2) is 12.1 Å². The first-order valence-corrected chi connectivity index (χ1v) is 4.58. The van der Waals surface area contributed by atoms with Crippen LogP contribution in [0.5, 0.6) is 0 Å². The van der Waals surface area contributed by atoms with Crippen LogP contribution in [0.4, 0.5) is 26.3 Å². The van der Waals surface area contributed by atoms with E-state index in [9.17, 15) is 31.1 Å². The zero-order chi connectivity index (χ0) is 14.1. The van der Waals surface area contributed by atoms with Crippen molar-refractivity contribution in [3.8, 4) is 0 Å². The Morgan fingerprint density at radius 3 is 1.94 bits per heavy atom. The van der Waals surface area contributed by atoms with Crippen molar-refractivity contribution in [2.45, 2.75) is 18.9 Å². The second-order valence-electron chi connectivity index (χ2n) is 3.38. The third-order valence-corrected chi connectivity index (χ3v) is 2.26. The molecule has 0 aliphatic carbocycles. The highest BCUT2D eigenvalue weighted by Crippen LogP contribution is 2.42. The van der Waals surface area contributed by atoms with Gasteiger partial charge in [-0.3, -0.25) is 4.79 Å². The van der Waals surface area contributed by atoms with Crippen LogP contribution >= 0.6 is 0 Å². The Balaban J connectivity index is 3.72. The normalized spacial score (nSPS) is 12.6. The van der Waals surface area contributed by atoms with E-state index in [-0.39, 0.29) is 17.9 Å². The fourth-order valence-corrected chi connectivity index (χ4v) is 1.52. The first kappa shape index (κ1) is 14.5. The van der Waals surface area contributed by atoms with Crippen LogP contribution in [0.1, 0.15) is 27.0 Å². The molecule has 0 spiro atoms. The van der Waals surface area contributed by atoms with Crippen LogP contribution < -0.4 is 5.73 Å². The van der Waals surface area contributed by atoms with Crippen LogP contribution in [0.25, 0.3) is 0 Å². The SMILES string of the molecule is NCc1ccc(C(F)(F)F)c(C(F)(F)F)c1C=O. The number of hydrogen-bond donors (Lipinski definition) is 1. The van der Waals surface area contributed by atoms with Gasteiger partial charge in [0.1, 0.15) is 0 Å². The van der Waals surface area contributed by atoms with Gasteiger partial charge in [0.15, 0.2) is 6.29 Å². The zero-order valence-corrected chi connectivity index (χ0v) is 8.69. The molecule has 2 N–H and O–H groups in total. The molecule has 0 aliphatic heterocycles. The molecule has 100 valence electrons. The molecule has 0 saturated heterocycles. The third-order valence-electron chi connectivity index (χ3n) is 2.26. The lowest BCUT2D eigenvalue weighted by atomic mass is 9.95. The van der Waals surface area contributed by atoms with E-state index in [0.717, 1.165) is 6.07 Å². The monoisotopic (exact) mass is 271 g/mol. The molecule has 1 aromatic carbocycles. The van der Waals surface area contributed by atoms with Gasteiger partial charge in [0.2, 0.25) is 0 Å². The summed E-state index contributed by atoms with van der Waals surface area (Å²) in [6, 6.07) is 1.04. The summed E-state index contributed by atoms with van der Waals surface area (Å²) in [5.74, 6) is 0. The van der Waals surface area contributed by atoms with Crippen LogP contribution in [0, 0.1) is 0 Å². The van der Waals surface area contributed by atoms with E-state index in [4.69, 9.17) is 5.73 Å². The number of alkyl halides is 6. The van der Waals surface area contributed by atoms with Gasteiger partial charge in [0.05, 0.1) is 11.1 Å². The van der Waals surface area contributed by atoms with E-state index in [1.165, 1.54) is 0 Å². The quantitative estimate of drug-likeness (QED) is 0.663. The van der Waals surface area contributed by atoms with Gasteiger partial charge in [-0.15, -0.1) is 0 Å². The van der Waals surface area contributed by atoms with Gasteiger partial charge in [0, 0.05) is 12.1 Å². The summed E-state index contributed by atoms with van der Waals surface area (Å²) >= 11 is 0. The molecule has 0 atom stereocenters. The Labute approximate surface area is 97.4 Å². The maximum absolute atomic E-state index is 12.6. The Morgan fingerprint density at radius 1 is 1.06 bits per heavy atom. The second-order valence-corrected chi connectivity index (χ2v) is 3.38. The molecule has 0 heterocycles. The lowest BCUT2D eigenvalue weighted by Gasteiger charge is -2.18. The molecule has 0 fully saturated rings. The number of rotatable bonds is 2. The molecule has 1 rings (SSSR count). The topological polar surface area (TPSA) is 43.1 Å². The Kier molecular flexibility index (Phi) is 3.70. The van der Waals surface area contributed by atoms with Crippen molar-refractivity contribution in [1.82, 2.24) is 0 Å². The van der Waals surface area contributed by atoms with Gasteiger partial charge in [-0.2, -0.15) is 26.3 Å². The molecule has 0 aliphatic rings. The van der Waals surface area contributed by atoms with E-state index in [1.807, 2.05) is 0 Å². The maximum Gasteiger partial charge on any atom is 0.417 e. The summed E-state index contributed by atoms with van der Waals surface area (Å²) in [5, 5.41) is 0. The average molecular weight is 271 g/mol. The first-order valence-electron chi connectivity index (χ1n) is 4.58. The molecule has 0 radical (unpaired) electrons. The van der Waals surface area contributed by atoms with Crippen LogP contribution in [0.2, 0.25) is 0 Å². The Hall–Kier alpha value is -1.57. The maximum atomic E-state index is 12.6. The zero-order valence-electron chi connectivity index (χ0n) is 8.69. The summed E-state index contributed by atoms with van der Waals surface area (Å²) in [6.07, 6.45) is -10.7. The minimum Gasteiger partial charge on any atom is -0.326 e. The molecule has 0 amide bonds. The highest BCUT2D eigenvalue weighted by Gasteiger charge is 2.45. The average Bonchev–Trinajstić information content (AvgIpc) is 2.24. The van der Waals surface area contributed by atoms with Crippen molar-refractivity contribution in [3.63, 3.8) is 0 Å². The van der Waals surface area contributed by atoms with Crippen molar-refractivity contribution in [1.29, 1.82) is 0 Å². The third kappa shape index (κ3) is 2.63. The molecule has 18 heavy (non-hydrogen) atoms. The number of hydrogen-bond acceptors (Lipinski definition) is 2. The number of nitrogens with two attached hydrogens (primary N) is 1. The van der Waals surface area contributed by atoms with Gasteiger partial charge >= 0.3 is 12.4 Å². The molecular weight excluding hydrogens is 264 g/mol. The summed E-state index contributed by atoms with van der Waals surface area (Å²) in [6.45, 7) is -0.463.